The summed E-state index contributed by atoms with van der Waals surface area (Å²) in [5.74, 6) is 0.449. The molecule has 3 nitrogen and oxygen atoms in total. The van der Waals surface area contributed by atoms with Gasteiger partial charge in [0.05, 0.1) is 5.41 Å². The zero-order valence-electron chi connectivity index (χ0n) is 14.8. The van der Waals surface area contributed by atoms with Crippen LogP contribution in [0.1, 0.15) is 50.5 Å². The summed E-state index contributed by atoms with van der Waals surface area (Å²) in [5.41, 5.74) is 1.28. The van der Waals surface area contributed by atoms with Crippen molar-refractivity contribution in [2.75, 3.05) is 26.2 Å². The topological polar surface area (TPSA) is 23.6 Å². The molecular formula is C21H30N2O. The third-order valence-corrected chi connectivity index (χ3v) is 6.56. The van der Waals surface area contributed by atoms with Crippen LogP contribution < -0.4 is 0 Å². The quantitative estimate of drug-likeness (QED) is 0.845. The van der Waals surface area contributed by atoms with E-state index in [0.29, 0.717) is 5.91 Å². The Kier molecular flexibility index (Phi) is 4.62. The van der Waals surface area contributed by atoms with Crippen LogP contribution in [0.3, 0.4) is 0 Å². The number of piperidine rings is 1. The minimum absolute atomic E-state index is 0.0580. The molecule has 0 radical (unpaired) electrons. The first kappa shape index (κ1) is 16.1. The smallest absolute Gasteiger partial charge is 0.230 e. The van der Waals surface area contributed by atoms with Crippen LogP contribution in [0.4, 0.5) is 0 Å². The van der Waals surface area contributed by atoms with E-state index >= 15 is 0 Å². The second-order valence-electron chi connectivity index (χ2n) is 8.07. The van der Waals surface area contributed by atoms with Gasteiger partial charge in [0.15, 0.2) is 0 Å². The van der Waals surface area contributed by atoms with Gasteiger partial charge in [-0.3, -0.25) is 9.69 Å². The van der Waals surface area contributed by atoms with Crippen molar-refractivity contribution in [3.05, 3.63) is 35.9 Å². The number of amides is 1. The standard InChI is InChI=1S/C21H30N2O/c24-20-21(13-16-23(17-21)19-9-4-5-10-19)12-6-14-22(20)15-11-18-7-2-1-3-8-18/h1-3,7-8,19H,4-6,9-17H2/t21-/m1/s1. The summed E-state index contributed by atoms with van der Waals surface area (Å²) in [5, 5.41) is 0. The molecule has 1 aliphatic carbocycles. The Morgan fingerprint density at radius 3 is 2.58 bits per heavy atom. The number of hydrogen-bond acceptors (Lipinski definition) is 2. The SMILES string of the molecule is O=C1N(CCc2ccccc2)CCC[C@]12CCN(C1CCCC1)C2. The monoisotopic (exact) mass is 326 g/mol. The Labute approximate surface area is 146 Å². The Balaban J connectivity index is 1.39. The number of benzene rings is 1. The van der Waals surface area contributed by atoms with Crippen LogP contribution in [-0.4, -0.2) is 47.9 Å². The van der Waals surface area contributed by atoms with Crippen LogP contribution in [0.5, 0.6) is 0 Å². The van der Waals surface area contributed by atoms with Crippen molar-refractivity contribution in [1.82, 2.24) is 9.80 Å². The van der Waals surface area contributed by atoms with Gasteiger partial charge in [-0.1, -0.05) is 43.2 Å². The van der Waals surface area contributed by atoms with Crippen LogP contribution in [0, 0.1) is 5.41 Å². The Hall–Kier alpha value is -1.35. The molecule has 1 spiro atoms. The molecule has 1 aromatic rings. The van der Waals surface area contributed by atoms with Crippen molar-refractivity contribution in [3.63, 3.8) is 0 Å². The van der Waals surface area contributed by atoms with Crippen LogP contribution >= 0.6 is 0 Å². The zero-order valence-corrected chi connectivity index (χ0v) is 14.8. The fraction of sp³-hybridized carbons (Fsp3) is 0.667. The third kappa shape index (κ3) is 3.11. The van der Waals surface area contributed by atoms with Crippen molar-refractivity contribution in [1.29, 1.82) is 0 Å². The summed E-state index contributed by atoms with van der Waals surface area (Å²) in [7, 11) is 0. The third-order valence-electron chi connectivity index (χ3n) is 6.56. The van der Waals surface area contributed by atoms with Crippen LogP contribution in [-0.2, 0) is 11.2 Å². The molecule has 1 aromatic carbocycles. The molecule has 130 valence electrons. The van der Waals surface area contributed by atoms with Gasteiger partial charge in [-0.05, 0) is 50.6 Å². The summed E-state index contributed by atoms with van der Waals surface area (Å²) in [4.78, 5) is 18.0. The number of rotatable bonds is 4. The molecule has 1 atom stereocenters. The van der Waals surface area contributed by atoms with E-state index in [1.807, 2.05) is 0 Å². The number of hydrogen-bond donors (Lipinski definition) is 0. The maximum absolute atomic E-state index is 13.2. The van der Waals surface area contributed by atoms with Gasteiger partial charge in [0.1, 0.15) is 0 Å². The molecule has 0 N–H and O–H groups in total. The predicted octanol–water partition coefficient (Wildman–Crippen LogP) is 3.49. The van der Waals surface area contributed by atoms with E-state index < -0.39 is 0 Å². The fourth-order valence-corrected chi connectivity index (χ4v) is 5.14. The van der Waals surface area contributed by atoms with Crippen molar-refractivity contribution < 1.29 is 4.79 Å². The van der Waals surface area contributed by atoms with E-state index in [9.17, 15) is 4.79 Å². The largest absolute Gasteiger partial charge is 0.342 e. The average Bonchev–Trinajstić information content (AvgIpc) is 3.28. The van der Waals surface area contributed by atoms with E-state index in [-0.39, 0.29) is 5.41 Å². The van der Waals surface area contributed by atoms with E-state index in [1.165, 1.54) is 37.7 Å². The van der Waals surface area contributed by atoms with Gasteiger partial charge < -0.3 is 4.90 Å². The van der Waals surface area contributed by atoms with Gasteiger partial charge in [-0.25, -0.2) is 0 Å². The molecule has 2 aliphatic heterocycles. The maximum Gasteiger partial charge on any atom is 0.230 e. The second-order valence-corrected chi connectivity index (χ2v) is 8.07. The zero-order chi connectivity index (χ0) is 16.4. The number of likely N-dealkylation sites (tertiary alicyclic amines) is 2. The van der Waals surface area contributed by atoms with Crippen LogP contribution in [0.25, 0.3) is 0 Å². The lowest BCUT2D eigenvalue weighted by atomic mass is 9.78. The van der Waals surface area contributed by atoms with Crippen molar-refractivity contribution >= 4 is 5.91 Å². The van der Waals surface area contributed by atoms with E-state index in [4.69, 9.17) is 0 Å². The summed E-state index contributed by atoms with van der Waals surface area (Å²) < 4.78 is 0. The molecule has 0 unspecified atom stereocenters. The molecule has 24 heavy (non-hydrogen) atoms. The van der Waals surface area contributed by atoms with Gasteiger partial charge in [-0.2, -0.15) is 0 Å². The van der Waals surface area contributed by atoms with Crippen LogP contribution in [0.2, 0.25) is 0 Å². The maximum atomic E-state index is 13.2. The fourth-order valence-electron chi connectivity index (χ4n) is 5.14. The summed E-state index contributed by atoms with van der Waals surface area (Å²) in [6.07, 6.45) is 9.82. The van der Waals surface area contributed by atoms with Gasteiger partial charge in [0.25, 0.3) is 0 Å². The molecule has 3 heteroatoms. The first-order valence-electron chi connectivity index (χ1n) is 9.84. The minimum atomic E-state index is -0.0580. The molecular weight excluding hydrogens is 296 g/mol. The highest BCUT2D eigenvalue weighted by molar-refractivity contribution is 5.84. The van der Waals surface area contributed by atoms with Gasteiger partial charge in [0.2, 0.25) is 5.91 Å². The molecule has 2 saturated heterocycles. The van der Waals surface area contributed by atoms with E-state index in [0.717, 1.165) is 51.5 Å². The van der Waals surface area contributed by atoms with Crippen molar-refractivity contribution in [3.8, 4) is 0 Å². The highest BCUT2D eigenvalue weighted by Gasteiger charge is 2.49. The summed E-state index contributed by atoms with van der Waals surface area (Å²) >= 11 is 0. The predicted molar refractivity (Wildman–Crippen MR) is 96.8 cm³/mol. The Morgan fingerprint density at radius 1 is 1.00 bits per heavy atom. The molecule has 4 rings (SSSR count). The highest BCUT2D eigenvalue weighted by atomic mass is 16.2. The molecule has 2 heterocycles. The average molecular weight is 326 g/mol. The van der Waals surface area contributed by atoms with Gasteiger partial charge in [-0.15, -0.1) is 0 Å². The molecule has 1 amide bonds. The van der Waals surface area contributed by atoms with E-state index in [1.54, 1.807) is 0 Å². The molecule has 3 aliphatic rings. The Bertz CT molecular complexity index is 566. The normalized spacial score (nSPS) is 29.0. The first-order chi connectivity index (χ1) is 11.8. The van der Waals surface area contributed by atoms with Gasteiger partial charge >= 0.3 is 0 Å². The van der Waals surface area contributed by atoms with Crippen molar-refractivity contribution in [2.24, 2.45) is 5.41 Å². The lowest BCUT2D eigenvalue weighted by Crippen LogP contribution is -2.51. The minimum Gasteiger partial charge on any atom is -0.342 e. The number of carbonyl (C=O) groups excluding carboxylic acids is 1. The van der Waals surface area contributed by atoms with Crippen LogP contribution in [0.15, 0.2) is 30.3 Å². The second kappa shape index (κ2) is 6.87. The molecule has 0 aromatic heterocycles. The summed E-state index contributed by atoms with van der Waals surface area (Å²) in [6.45, 7) is 4.01. The lowest BCUT2D eigenvalue weighted by Gasteiger charge is -2.40. The molecule has 0 bridgehead atoms. The number of nitrogens with zero attached hydrogens (tertiary/aromatic N) is 2. The Morgan fingerprint density at radius 2 is 1.79 bits per heavy atom. The number of carbonyl (C=O) groups is 1. The van der Waals surface area contributed by atoms with E-state index in [2.05, 4.69) is 40.1 Å². The lowest BCUT2D eigenvalue weighted by molar-refractivity contribution is -0.145. The molecule has 1 saturated carbocycles. The molecule has 3 fully saturated rings. The summed E-state index contributed by atoms with van der Waals surface area (Å²) in [6, 6.07) is 11.3. The highest BCUT2D eigenvalue weighted by Crippen LogP contribution is 2.42. The van der Waals surface area contributed by atoms with Gasteiger partial charge in [0, 0.05) is 25.7 Å². The van der Waals surface area contributed by atoms with Crippen molar-refractivity contribution in [2.45, 2.75) is 57.4 Å². The first-order valence-corrected chi connectivity index (χ1v) is 9.84.